The van der Waals surface area contributed by atoms with E-state index < -0.39 is 15.9 Å². The average molecular weight is 630 g/mol. The van der Waals surface area contributed by atoms with E-state index in [1.807, 2.05) is 31.2 Å². The molecule has 230 valence electrons. The summed E-state index contributed by atoms with van der Waals surface area (Å²) in [5, 5.41) is 7.96. The van der Waals surface area contributed by atoms with Gasteiger partial charge in [0, 0.05) is 54.7 Å². The number of imidazole rings is 1. The predicted octanol–water partition coefficient (Wildman–Crippen LogP) is 6.65. The van der Waals surface area contributed by atoms with Gasteiger partial charge in [0.1, 0.15) is 11.3 Å². The number of furan rings is 1. The summed E-state index contributed by atoms with van der Waals surface area (Å²) in [4.78, 5) is 17.7. The Kier molecular flexibility index (Phi) is 7.19. The second-order valence-electron chi connectivity index (χ2n) is 10.9. The molecular weight excluding hydrogens is 600 g/mol. The average Bonchev–Trinajstić information content (AvgIpc) is 3.60. The summed E-state index contributed by atoms with van der Waals surface area (Å²) in [6.45, 7) is 2.79. The maximum Gasteiger partial charge on any atom is 0.270 e. The van der Waals surface area contributed by atoms with Crippen molar-refractivity contribution in [3.8, 4) is 33.8 Å². The Morgan fingerprint density at radius 2 is 1.67 bits per heavy atom. The van der Waals surface area contributed by atoms with Crippen molar-refractivity contribution in [1.29, 1.82) is 0 Å². The van der Waals surface area contributed by atoms with Gasteiger partial charge in [-0.3, -0.25) is 9.10 Å². The topological polar surface area (TPSA) is 110 Å². The molecule has 1 N–H and O–H groups in total. The van der Waals surface area contributed by atoms with Crippen molar-refractivity contribution in [3.63, 3.8) is 0 Å². The molecular formula is C33H29F2N5O4S. The van der Waals surface area contributed by atoms with Crippen molar-refractivity contribution in [1.82, 2.24) is 19.9 Å². The highest BCUT2D eigenvalue weighted by molar-refractivity contribution is 7.92. The molecule has 0 aliphatic carbocycles. The van der Waals surface area contributed by atoms with Gasteiger partial charge >= 0.3 is 0 Å². The number of alkyl halides is 2. The zero-order valence-corrected chi connectivity index (χ0v) is 25.9. The molecule has 0 aliphatic heterocycles. The quantitative estimate of drug-likeness (QED) is 0.212. The minimum Gasteiger partial charge on any atom is -0.455 e. The van der Waals surface area contributed by atoms with E-state index in [-0.39, 0.29) is 17.2 Å². The van der Waals surface area contributed by atoms with Gasteiger partial charge in [-0.05, 0) is 25.1 Å². The number of rotatable bonds is 7. The fourth-order valence-corrected chi connectivity index (χ4v) is 5.69. The van der Waals surface area contributed by atoms with Gasteiger partial charge in [0.25, 0.3) is 11.8 Å². The number of nitrogens with one attached hydrogen (secondary N) is 1. The van der Waals surface area contributed by atoms with Crippen LogP contribution in [0.3, 0.4) is 0 Å². The largest absolute Gasteiger partial charge is 0.455 e. The Balaban J connectivity index is 1.59. The summed E-state index contributed by atoms with van der Waals surface area (Å²) in [5.74, 6) is -3.01. The Bertz CT molecular complexity index is 2200. The first-order valence-corrected chi connectivity index (χ1v) is 15.8. The number of carbonyl (C=O) groups is 1. The fraction of sp³-hybridized carbons (Fsp3) is 0.182. The van der Waals surface area contributed by atoms with Crippen LogP contribution in [0.15, 0.2) is 83.4 Å². The van der Waals surface area contributed by atoms with E-state index in [0.29, 0.717) is 56.0 Å². The smallest absolute Gasteiger partial charge is 0.270 e. The standard InChI is InChI=1S/C33H29F2N5O4S/c1-19-6-8-21(9-7-19)31-30(32(41)36-3)24-16-23(26(17-28(24)44-31)39(4)45(5,42)43)25-14-15-29-37-18-27(40(29)38-25)20-10-12-22(13-11-20)33(2,34)35/h6-18H,1-5H3,(H,36,41). The van der Waals surface area contributed by atoms with E-state index >= 15 is 0 Å². The van der Waals surface area contributed by atoms with Gasteiger partial charge in [-0.15, -0.1) is 0 Å². The lowest BCUT2D eigenvalue weighted by atomic mass is 10.0. The molecule has 0 saturated heterocycles. The van der Waals surface area contributed by atoms with Gasteiger partial charge < -0.3 is 9.73 Å². The summed E-state index contributed by atoms with van der Waals surface area (Å²) in [5.41, 5.74) is 4.95. The fourth-order valence-electron chi connectivity index (χ4n) is 5.18. The number of aryl methyl sites for hydroxylation is 1. The number of fused-ring (bicyclic) bond motifs is 2. The summed E-state index contributed by atoms with van der Waals surface area (Å²) in [6.07, 6.45) is 2.68. The molecule has 9 nitrogen and oxygen atoms in total. The highest BCUT2D eigenvalue weighted by atomic mass is 32.2. The van der Waals surface area contributed by atoms with E-state index in [1.54, 1.807) is 47.1 Å². The van der Waals surface area contributed by atoms with Gasteiger partial charge in [0.15, 0.2) is 5.65 Å². The van der Waals surface area contributed by atoms with E-state index in [0.717, 1.165) is 23.0 Å². The van der Waals surface area contributed by atoms with E-state index in [1.165, 1.54) is 26.2 Å². The normalized spacial score (nSPS) is 12.2. The number of anilines is 1. The molecule has 3 aromatic carbocycles. The molecule has 45 heavy (non-hydrogen) atoms. The number of sulfonamides is 1. The van der Waals surface area contributed by atoms with Crippen LogP contribution in [0.4, 0.5) is 14.5 Å². The van der Waals surface area contributed by atoms with Crippen LogP contribution in [-0.2, 0) is 15.9 Å². The Morgan fingerprint density at radius 1 is 1.00 bits per heavy atom. The SMILES string of the molecule is CNC(=O)c1c(-c2ccc(C)cc2)oc2cc(N(C)S(C)(=O)=O)c(-c3ccc4ncc(-c5ccc(C(C)(F)F)cc5)n4n3)cc12. The number of aromatic nitrogens is 3. The summed E-state index contributed by atoms with van der Waals surface area (Å²) in [6, 6.07) is 20.1. The lowest BCUT2D eigenvalue weighted by Gasteiger charge is -2.20. The van der Waals surface area contributed by atoms with Gasteiger partial charge in [0.05, 0.1) is 35.1 Å². The molecule has 0 unspecified atom stereocenters. The van der Waals surface area contributed by atoms with E-state index in [4.69, 9.17) is 9.52 Å². The molecule has 0 fully saturated rings. The number of carbonyl (C=O) groups excluding carboxylic acids is 1. The van der Waals surface area contributed by atoms with Crippen molar-refractivity contribution >= 4 is 38.2 Å². The number of hydrogen-bond acceptors (Lipinski definition) is 6. The highest BCUT2D eigenvalue weighted by Crippen LogP contribution is 2.41. The molecule has 0 spiro atoms. The minimum absolute atomic E-state index is 0.118. The van der Waals surface area contributed by atoms with Crippen LogP contribution >= 0.6 is 0 Å². The number of benzene rings is 3. The third-order valence-corrected chi connectivity index (χ3v) is 8.93. The second-order valence-corrected chi connectivity index (χ2v) is 13.0. The molecule has 0 saturated carbocycles. The van der Waals surface area contributed by atoms with Crippen LogP contribution in [-0.4, -0.2) is 49.3 Å². The molecule has 0 bridgehead atoms. The van der Waals surface area contributed by atoms with Crippen molar-refractivity contribution in [2.24, 2.45) is 0 Å². The molecule has 3 aromatic heterocycles. The minimum atomic E-state index is -3.73. The molecule has 1 amide bonds. The molecule has 3 heterocycles. The van der Waals surface area contributed by atoms with Crippen LogP contribution in [0.2, 0.25) is 0 Å². The van der Waals surface area contributed by atoms with Crippen molar-refractivity contribution in [3.05, 3.63) is 95.7 Å². The lowest BCUT2D eigenvalue weighted by molar-refractivity contribution is 0.0175. The Morgan fingerprint density at radius 3 is 2.29 bits per heavy atom. The molecule has 0 radical (unpaired) electrons. The molecule has 0 aliphatic rings. The van der Waals surface area contributed by atoms with Gasteiger partial charge in [0.2, 0.25) is 10.0 Å². The first-order chi connectivity index (χ1) is 21.3. The maximum atomic E-state index is 13.8. The zero-order chi connectivity index (χ0) is 32.3. The summed E-state index contributed by atoms with van der Waals surface area (Å²) in [7, 11) is -0.780. The van der Waals surface area contributed by atoms with Crippen LogP contribution in [0, 0.1) is 6.92 Å². The van der Waals surface area contributed by atoms with Crippen molar-refractivity contribution in [2.45, 2.75) is 19.8 Å². The van der Waals surface area contributed by atoms with Gasteiger partial charge in [-0.25, -0.2) is 26.7 Å². The number of nitrogens with zero attached hydrogens (tertiary/aromatic N) is 4. The van der Waals surface area contributed by atoms with Crippen molar-refractivity contribution in [2.75, 3.05) is 24.7 Å². The molecule has 0 atom stereocenters. The lowest BCUT2D eigenvalue weighted by Crippen LogP contribution is -2.25. The van der Waals surface area contributed by atoms with E-state index in [9.17, 15) is 22.0 Å². The molecule has 12 heteroatoms. The molecule has 6 aromatic rings. The summed E-state index contributed by atoms with van der Waals surface area (Å²) < 4.78 is 62.1. The van der Waals surface area contributed by atoms with Crippen LogP contribution in [0.5, 0.6) is 0 Å². The number of halogens is 2. The van der Waals surface area contributed by atoms with Crippen molar-refractivity contribution < 1.29 is 26.4 Å². The van der Waals surface area contributed by atoms with Crippen LogP contribution in [0.25, 0.3) is 50.5 Å². The van der Waals surface area contributed by atoms with Crippen LogP contribution in [0.1, 0.15) is 28.4 Å². The third-order valence-electron chi connectivity index (χ3n) is 7.74. The molecule has 6 rings (SSSR count). The van der Waals surface area contributed by atoms with Gasteiger partial charge in [-0.2, -0.15) is 5.10 Å². The highest BCUT2D eigenvalue weighted by Gasteiger charge is 2.27. The Hall–Kier alpha value is -5.10. The Labute approximate surface area is 258 Å². The number of amides is 1. The van der Waals surface area contributed by atoms with Crippen LogP contribution < -0.4 is 9.62 Å². The van der Waals surface area contributed by atoms with E-state index in [2.05, 4.69) is 10.3 Å². The summed E-state index contributed by atoms with van der Waals surface area (Å²) >= 11 is 0. The maximum absolute atomic E-state index is 13.8. The second kappa shape index (κ2) is 10.8. The predicted molar refractivity (Wildman–Crippen MR) is 170 cm³/mol. The first-order valence-electron chi connectivity index (χ1n) is 13.9. The number of hydrogen-bond donors (Lipinski definition) is 1. The zero-order valence-electron chi connectivity index (χ0n) is 25.1. The van der Waals surface area contributed by atoms with Gasteiger partial charge in [-0.1, -0.05) is 54.1 Å². The third kappa shape index (κ3) is 5.42. The monoisotopic (exact) mass is 629 g/mol. The first kappa shape index (κ1) is 29.9.